The zero-order valence-electron chi connectivity index (χ0n) is 10.4. The van der Waals surface area contributed by atoms with E-state index in [4.69, 9.17) is 4.42 Å². The highest BCUT2D eigenvalue weighted by Crippen LogP contribution is 2.25. The molecule has 1 aromatic heterocycles. The van der Waals surface area contributed by atoms with E-state index in [0.717, 1.165) is 16.7 Å². The molecule has 1 fully saturated rings. The molecule has 1 aliphatic rings. The second kappa shape index (κ2) is 4.10. The Morgan fingerprint density at radius 2 is 2.28 bits per heavy atom. The number of carbonyl (C=O) groups excluding carboxylic acids is 1. The second-order valence-corrected chi connectivity index (χ2v) is 4.61. The highest BCUT2D eigenvalue weighted by molar-refractivity contribution is 5.83. The molecule has 0 radical (unpaired) electrons. The Labute approximate surface area is 105 Å². The number of aromatic nitrogens is 1. The lowest BCUT2D eigenvalue weighted by Crippen LogP contribution is -2.52. The summed E-state index contributed by atoms with van der Waals surface area (Å²) in [5.41, 5.74) is 2.73. The molecular formula is C13H15N3O2. The van der Waals surface area contributed by atoms with Gasteiger partial charge in [0.1, 0.15) is 5.52 Å². The maximum Gasteiger partial charge on any atom is 0.236 e. The molecule has 0 saturated carbocycles. The average molecular weight is 245 g/mol. The average Bonchev–Trinajstić information content (AvgIpc) is 2.72. The number of para-hydroxylation sites is 1. The molecule has 5 heteroatoms. The molecule has 3 rings (SSSR count). The topological polar surface area (TPSA) is 67.2 Å². The van der Waals surface area contributed by atoms with E-state index in [1.54, 1.807) is 0 Å². The third kappa shape index (κ3) is 1.76. The first-order chi connectivity index (χ1) is 8.65. The van der Waals surface area contributed by atoms with Gasteiger partial charge in [-0.15, -0.1) is 0 Å². The number of nitrogens with zero attached hydrogens (tertiary/aromatic N) is 1. The van der Waals surface area contributed by atoms with Crippen molar-refractivity contribution in [1.29, 1.82) is 0 Å². The van der Waals surface area contributed by atoms with Crippen LogP contribution in [-0.2, 0) is 4.79 Å². The molecule has 1 unspecified atom stereocenters. The second-order valence-electron chi connectivity index (χ2n) is 4.61. The van der Waals surface area contributed by atoms with Crippen molar-refractivity contribution in [2.75, 3.05) is 6.54 Å². The Hall–Kier alpha value is -1.88. The zero-order valence-corrected chi connectivity index (χ0v) is 10.4. The quantitative estimate of drug-likeness (QED) is 0.794. The largest absolute Gasteiger partial charge is 0.441 e. The normalized spacial score (nSPS) is 24.2. The zero-order chi connectivity index (χ0) is 12.7. The molecule has 2 heterocycles. The van der Waals surface area contributed by atoms with Gasteiger partial charge in [0.25, 0.3) is 0 Å². The van der Waals surface area contributed by atoms with Gasteiger partial charge in [-0.3, -0.25) is 10.1 Å². The number of aryl methyl sites for hydroxylation is 1. The fourth-order valence-electron chi connectivity index (χ4n) is 2.35. The number of fused-ring (bicyclic) bond motifs is 1. The summed E-state index contributed by atoms with van der Waals surface area (Å²) in [4.78, 5) is 15.8. The van der Waals surface area contributed by atoms with E-state index in [0.29, 0.717) is 12.4 Å². The minimum absolute atomic E-state index is 0.0368. The first-order valence-corrected chi connectivity index (χ1v) is 6.05. The van der Waals surface area contributed by atoms with Crippen LogP contribution in [0.5, 0.6) is 0 Å². The lowest BCUT2D eigenvalue weighted by molar-refractivity contribution is -0.124. The number of benzene rings is 1. The van der Waals surface area contributed by atoms with Crippen molar-refractivity contribution in [2.45, 2.75) is 25.9 Å². The van der Waals surface area contributed by atoms with Gasteiger partial charge in [-0.2, -0.15) is 0 Å². The Morgan fingerprint density at radius 3 is 3.06 bits per heavy atom. The third-order valence-corrected chi connectivity index (χ3v) is 3.26. The van der Waals surface area contributed by atoms with Crippen molar-refractivity contribution in [2.24, 2.45) is 0 Å². The third-order valence-electron chi connectivity index (χ3n) is 3.26. The number of hydrogen-bond donors (Lipinski definition) is 2. The molecule has 0 aliphatic carbocycles. The predicted molar refractivity (Wildman–Crippen MR) is 67.1 cm³/mol. The molecule has 0 spiro atoms. The van der Waals surface area contributed by atoms with E-state index in [9.17, 15) is 4.79 Å². The van der Waals surface area contributed by atoms with Gasteiger partial charge >= 0.3 is 0 Å². The van der Waals surface area contributed by atoms with Crippen LogP contribution in [0.25, 0.3) is 11.1 Å². The molecule has 5 nitrogen and oxygen atoms in total. The number of carbonyl (C=O) groups is 1. The van der Waals surface area contributed by atoms with Crippen LogP contribution in [0, 0.1) is 6.92 Å². The van der Waals surface area contributed by atoms with Crippen LogP contribution in [0.2, 0.25) is 0 Å². The van der Waals surface area contributed by atoms with Crippen molar-refractivity contribution in [3.63, 3.8) is 0 Å². The van der Waals surface area contributed by atoms with Crippen LogP contribution in [0.15, 0.2) is 22.6 Å². The molecule has 18 heavy (non-hydrogen) atoms. The molecular weight excluding hydrogens is 230 g/mol. The van der Waals surface area contributed by atoms with Gasteiger partial charge in [-0.25, -0.2) is 4.98 Å². The summed E-state index contributed by atoms with van der Waals surface area (Å²) in [6.45, 7) is 4.27. The number of nitrogens with one attached hydrogen (secondary N) is 2. The van der Waals surface area contributed by atoms with Gasteiger partial charge in [-0.1, -0.05) is 12.1 Å². The number of rotatable bonds is 1. The number of amides is 1. The van der Waals surface area contributed by atoms with Crippen molar-refractivity contribution in [3.05, 3.63) is 29.7 Å². The Balaban J connectivity index is 2.01. The molecule has 1 amide bonds. The maximum atomic E-state index is 11.4. The molecule has 2 N–H and O–H groups in total. The van der Waals surface area contributed by atoms with E-state index in [1.807, 2.05) is 32.0 Å². The number of hydrogen-bond acceptors (Lipinski definition) is 4. The van der Waals surface area contributed by atoms with Crippen molar-refractivity contribution < 1.29 is 9.21 Å². The van der Waals surface area contributed by atoms with E-state index in [1.165, 1.54) is 0 Å². The van der Waals surface area contributed by atoms with Crippen molar-refractivity contribution in [3.8, 4) is 0 Å². The van der Waals surface area contributed by atoms with Crippen LogP contribution in [0.1, 0.15) is 24.4 Å². The van der Waals surface area contributed by atoms with E-state index < -0.39 is 0 Å². The Morgan fingerprint density at radius 1 is 1.44 bits per heavy atom. The summed E-state index contributed by atoms with van der Waals surface area (Å²) >= 11 is 0. The van der Waals surface area contributed by atoms with Gasteiger partial charge in [-0.05, 0) is 13.0 Å². The van der Waals surface area contributed by atoms with Crippen LogP contribution >= 0.6 is 0 Å². The molecule has 94 valence electrons. The van der Waals surface area contributed by atoms with Gasteiger partial charge in [0, 0.05) is 19.0 Å². The molecule has 2 atom stereocenters. The Kier molecular flexibility index (Phi) is 2.56. The summed E-state index contributed by atoms with van der Waals surface area (Å²) in [7, 11) is 0. The van der Waals surface area contributed by atoms with Crippen LogP contribution < -0.4 is 10.6 Å². The summed E-state index contributed by atoms with van der Waals surface area (Å²) in [6, 6.07) is 5.76. The van der Waals surface area contributed by atoms with Gasteiger partial charge < -0.3 is 9.73 Å². The highest BCUT2D eigenvalue weighted by atomic mass is 16.3. The van der Waals surface area contributed by atoms with Crippen LogP contribution in [0.4, 0.5) is 0 Å². The monoisotopic (exact) mass is 245 g/mol. The van der Waals surface area contributed by atoms with Crippen LogP contribution in [-0.4, -0.2) is 23.5 Å². The fraction of sp³-hybridized carbons (Fsp3) is 0.385. The van der Waals surface area contributed by atoms with Gasteiger partial charge in [0.15, 0.2) is 11.5 Å². The lowest BCUT2D eigenvalue weighted by atomic mass is 10.0. The molecule has 0 bridgehead atoms. The summed E-state index contributed by atoms with van der Waals surface area (Å²) < 4.78 is 5.52. The van der Waals surface area contributed by atoms with E-state index >= 15 is 0 Å². The fourth-order valence-corrected chi connectivity index (χ4v) is 2.35. The van der Waals surface area contributed by atoms with Crippen molar-refractivity contribution in [1.82, 2.24) is 15.6 Å². The molecule has 1 aromatic carbocycles. The Bertz CT molecular complexity index is 605. The number of oxazole rings is 1. The summed E-state index contributed by atoms with van der Waals surface area (Å²) in [5, 5.41) is 6.18. The first kappa shape index (κ1) is 11.2. The standard InChI is InChI=1S/C13H15N3O2/c1-7-13(17)14-6-10(15-7)9-4-3-5-11-12(9)16-8(2)18-11/h3-5,7,10,15H,6H2,1-2H3,(H,14,17)/t7-,10?/m0/s1. The van der Waals surface area contributed by atoms with Crippen LogP contribution in [0.3, 0.4) is 0 Å². The summed E-state index contributed by atoms with van der Waals surface area (Å²) in [5.74, 6) is 0.695. The van der Waals surface area contributed by atoms with E-state index in [2.05, 4.69) is 15.6 Å². The van der Waals surface area contributed by atoms with Gasteiger partial charge in [0.2, 0.25) is 5.91 Å². The van der Waals surface area contributed by atoms with E-state index in [-0.39, 0.29) is 18.0 Å². The molecule has 2 aromatic rings. The predicted octanol–water partition coefficient (Wildman–Crippen LogP) is 1.29. The highest BCUT2D eigenvalue weighted by Gasteiger charge is 2.26. The maximum absolute atomic E-state index is 11.4. The smallest absolute Gasteiger partial charge is 0.236 e. The minimum Gasteiger partial charge on any atom is -0.441 e. The molecule has 1 aliphatic heterocycles. The number of piperazine rings is 1. The lowest BCUT2D eigenvalue weighted by Gasteiger charge is -2.29. The van der Waals surface area contributed by atoms with Gasteiger partial charge in [0.05, 0.1) is 12.1 Å². The SMILES string of the molecule is Cc1nc2c(C3CNC(=O)[C@H](C)N3)cccc2o1. The summed E-state index contributed by atoms with van der Waals surface area (Å²) in [6.07, 6.45) is 0. The van der Waals surface area contributed by atoms with Crippen molar-refractivity contribution >= 4 is 17.0 Å². The minimum atomic E-state index is -0.188. The molecule has 1 saturated heterocycles. The first-order valence-electron chi connectivity index (χ1n) is 6.05.